The third-order valence-corrected chi connectivity index (χ3v) is 4.93. The highest BCUT2D eigenvalue weighted by Gasteiger charge is 2.32. The van der Waals surface area contributed by atoms with Crippen LogP contribution in [0.4, 0.5) is 5.82 Å². The number of aliphatic hydroxyl groups is 2. The Morgan fingerprint density at radius 1 is 1.29 bits per heavy atom. The summed E-state index contributed by atoms with van der Waals surface area (Å²) in [7, 11) is -4.16. The van der Waals surface area contributed by atoms with Gasteiger partial charge >= 0.3 is 13.6 Å². The number of nitrogen functional groups attached to an aromatic ring is 1. The van der Waals surface area contributed by atoms with Crippen LogP contribution in [-0.4, -0.2) is 88.2 Å². The van der Waals surface area contributed by atoms with Crippen molar-refractivity contribution in [3.8, 4) is 0 Å². The molecule has 0 radical (unpaired) electrons. The predicted octanol–water partition coefficient (Wildman–Crippen LogP) is -1.09. The molecule has 2 heterocycles. The number of carboxylic acids is 1. The third kappa shape index (κ3) is 9.67. The fourth-order valence-electron chi connectivity index (χ4n) is 2.42. The van der Waals surface area contributed by atoms with Crippen molar-refractivity contribution in [3.63, 3.8) is 0 Å². The van der Waals surface area contributed by atoms with E-state index in [0.717, 1.165) is 0 Å². The van der Waals surface area contributed by atoms with Gasteiger partial charge < -0.3 is 45.5 Å². The Bertz CT molecular complexity index is 1010. The van der Waals surface area contributed by atoms with Gasteiger partial charge in [-0.15, -0.1) is 0 Å². The van der Waals surface area contributed by atoms with Gasteiger partial charge in [0, 0.05) is 12.0 Å². The summed E-state index contributed by atoms with van der Waals surface area (Å²) in [6.07, 6.45) is 0.303. The van der Waals surface area contributed by atoms with Crippen LogP contribution in [0.3, 0.4) is 0 Å². The molecular weight excluding hydrogens is 475 g/mol. The summed E-state index contributed by atoms with van der Waals surface area (Å²) in [4.78, 5) is 50.8. The normalized spacial score (nSPS) is 13.6. The number of amides is 1. The standard InChI is InChI=1S/C9H14N5O4P.C9H17NO5/c1-6(18-5-19(15,16)17)2-14-4-13-7-8(10)11-3-12-9(7)14;1-9(2,5-11)7(14)8(15)10-4-3-6(12)13/h3-4,6H,2,5H2,1H3,(H2,10,11,12)(H2,15,16,17);7,11,14H,3-5H2,1-2H3,(H,10,15)(H,12,13)/t6-;7-/m00/s1. The van der Waals surface area contributed by atoms with Crippen molar-refractivity contribution in [3.05, 3.63) is 12.7 Å². The van der Waals surface area contributed by atoms with Gasteiger partial charge in [0.15, 0.2) is 11.5 Å². The van der Waals surface area contributed by atoms with Crippen LogP contribution in [0.15, 0.2) is 12.7 Å². The second-order valence-corrected chi connectivity index (χ2v) is 9.67. The molecular formula is C18H31N6O9P. The van der Waals surface area contributed by atoms with E-state index in [1.54, 1.807) is 11.5 Å². The van der Waals surface area contributed by atoms with Gasteiger partial charge in [-0.1, -0.05) is 13.8 Å². The second kappa shape index (κ2) is 12.7. The largest absolute Gasteiger partial charge is 0.481 e. The molecule has 0 saturated carbocycles. The number of hydrogen-bond acceptors (Lipinski definition) is 10. The van der Waals surface area contributed by atoms with Crippen LogP contribution in [0, 0.1) is 5.41 Å². The van der Waals surface area contributed by atoms with Crippen LogP contribution in [0.2, 0.25) is 0 Å². The van der Waals surface area contributed by atoms with Crippen LogP contribution >= 0.6 is 7.60 Å². The number of aliphatic carboxylic acids is 1. The first-order valence-electron chi connectivity index (χ1n) is 10.0. The number of rotatable bonds is 11. The third-order valence-electron chi connectivity index (χ3n) is 4.44. The topological polar surface area (TPSA) is 243 Å². The number of nitrogens with one attached hydrogen (secondary N) is 1. The van der Waals surface area contributed by atoms with E-state index in [9.17, 15) is 19.3 Å². The molecule has 16 heteroatoms. The zero-order valence-electron chi connectivity index (χ0n) is 19.0. The van der Waals surface area contributed by atoms with E-state index in [4.69, 9.17) is 30.5 Å². The van der Waals surface area contributed by atoms with E-state index in [2.05, 4.69) is 20.3 Å². The van der Waals surface area contributed by atoms with Gasteiger partial charge in [-0.2, -0.15) is 0 Å². The lowest BCUT2D eigenvalue weighted by atomic mass is 9.87. The van der Waals surface area contributed by atoms with Crippen molar-refractivity contribution in [1.82, 2.24) is 24.8 Å². The molecule has 2 aromatic heterocycles. The van der Waals surface area contributed by atoms with E-state index < -0.39 is 43.4 Å². The van der Waals surface area contributed by atoms with Crippen molar-refractivity contribution in [2.75, 3.05) is 25.2 Å². The van der Waals surface area contributed by atoms with E-state index in [1.807, 2.05) is 0 Å². The van der Waals surface area contributed by atoms with Crippen molar-refractivity contribution < 1.29 is 44.0 Å². The van der Waals surface area contributed by atoms with Crippen molar-refractivity contribution >= 4 is 36.5 Å². The molecule has 15 nitrogen and oxygen atoms in total. The second-order valence-electron chi connectivity index (χ2n) is 8.08. The monoisotopic (exact) mass is 506 g/mol. The number of carbonyl (C=O) groups excluding carboxylic acids is 1. The molecule has 0 aromatic carbocycles. The summed E-state index contributed by atoms with van der Waals surface area (Å²) in [5.74, 6) is -1.41. The highest BCUT2D eigenvalue weighted by Crippen LogP contribution is 2.34. The maximum absolute atomic E-state index is 11.3. The molecule has 8 N–H and O–H groups in total. The lowest BCUT2D eigenvalue weighted by Crippen LogP contribution is -2.45. The Morgan fingerprint density at radius 3 is 2.50 bits per heavy atom. The number of carbonyl (C=O) groups is 2. The summed E-state index contributed by atoms with van der Waals surface area (Å²) in [6, 6.07) is 0. The molecule has 0 saturated heterocycles. The van der Waals surface area contributed by atoms with E-state index >= 15 is 0 Å². The minimum Gasteiger partial charge on any atom is -0.481 e. The zero-order chi connectivity index (χ0) is 26.1. The number of imidazole rings is 1. The average Bonchev–Trinajstić information content (AvgIpc) is 3.15. The highest BCUT2D eigenvalue weighted by molar-refractivity contribution is 7.51. The van der Waals surface area contributed by atoms with Gasteiger partial charge in [-0.05, 0) is 6.92 Å². The van der Waals surface area contributed by atoms with Crippen molar-refractivity contribution in [2.24, 2.45) is 5.41 Å². The summed E-state index contributed by atoms with van der Waals surface area (Å²) >= 11 is 0. The number of ether oxygens (including phenoxy) is 1. The number of anilines is 1. The number of nitrogens with zero attached hydrogens (tertiary/aromatic N) is 4. The minimum absolute atomic E-state index is 0.0350. The molecule has 0 aliphatic heterocycles. The SMILES string of the molecule is CC(C)(CO)[C@@H](O)C(=O)NCCC(=O)O.C[C@@H](Cn1cnc2c(N)ncnc21)OCP(=O)(O)O. The molecule has 0 aliphatic rings. The number of aromatic nitrogens is 4. The lowest BCUT2D eigenvalue weighted by molar-refractivity contribution is -0.138. The summed E-state index contributed by atoms with van der Waals surface area (Å²) in [6.45, 7) is 4.76. The first kappa shape index (κ1) is 29.4. The summed E-state index contributed by atoms with van der Waals surface area (Å²) in [5.41, 5.74) is 5.76. The number of nitrogens with two attached hydrogens (primary N) is 1. The van der Waals surface area contributed by atoms with Gasteiger partial charge in [0.1, 0.15) is 24.3 Å². The minimum atomic E-state index is -4.16. The Hall–Kier alpha value is -2.68. The fourth-order valence-corrected chi connectivity index (χ4v) is 2.87. The molecule has 2 aromatic rings. The molecule has 192 valence electrons. The highest BCUT2D eigenvalue weighted by atomic mass is 31.2. The van der Waals surface area contributed by atoms with E-state index in [1.165, 1.54) is 26.5 Å². The molecule has 0 unspecified atom stereocenters. The van der Waals surface area contributed by atoms with Gasteiger partial charge in [-0.3, -0.25) is 14.2 Å². The lowest BCUT2D eigenvalue weighted by Gasteiger charge is -2.26. The van der Waals surface area contributed by atoms with Gasteiger partial charge in [0.25, 0.3) is 0 Å². The maximum Gasteiger partial charge on any atom is 0.350 e. The smallest absolute Gasteiger partial charge is 0.350 e. The number of carboxylic acid groups (broad SMARTS) is 1. The van der Waals surface area contributed by atoms with Crippen LogP contribution in [0.25, 0.3) is 11.2 Å². The Balaban J connectivity index is 0.000000352. The number of hydrogen-bond donors (Lipinski definition) is 7. The first-order valence-corrected chi connectivity index (χ1v) is 11.8. The van der Waals surface area contributed by atoms with Crippen LogP contribution < -0.4 is 11.1 Å². The van der Waals surface area contributed by atoms with E-state index in [0.29, 0.717) is 17.7 Å². The zero-order valence-corrected chi connectivity index (χ0v) is 19.9. The predicted molar refractivity (Wildman–Crippen MR) is 119 cm³/mol. The molecule has 2 atom stereocenters. The maximum atomic E-state index is 11.3. The molecule has 0 spiro atoms. The van der Waals surface area contributed by atoms with E-state index in [-0.39, 0.29) is 25.4 Å². The Kier molecular flexibility index (Phi) is 11.0. The van der Waals surface area contributed by atoms with Gasteiger partial charge in [0.2, 0.25) is 5.91 Å². The van der Waals surface area contributed by atoms with Gasteiger partial charge in [0.05, 0.1) is 32.0 Å². The van der Waals surface area contributed by atoms with Crippen LogP contribution in [0.1, 0.15) is 27.2 Å². The summed E-state index contributed by atoms with van der Waals surface area (Å²) in [5, 5.41) is 29.0. The van der Waals surface area contributed by atoms with Gasteiger partial charge in [-0.25, -0.2) is 15.0 Å². The summed E-state index contributed by atoms with van der Waals surface area (Å²) < 4.78 is 17.5. The fraction of sp³-hybridized carbons (Fsp3) is 0.611. The first-order chi connectivity index (χ1) is 15.7. The molecule has 0 aliphatic carbocycles. The van der Waals surface area contributed by atoms with Crippen LogP contribution in [-0.2, 0) is 25.4 Å². The molecule has 0 fully saturated rings. The number of fused-ring (bicyclic) bond motifs is 1. The Labute approximate surface area is 195 Å². The Morgan fingerprint density at radius 2 is 1.94 bits per heavy atom. The number of aliphatic hydroxyl groups excluding tert-OH is 2. The molecule has 34 heavy (non-hydrogen) atoms. The van der Waals surface area contributed by atoms with Crippen LogP contribution in [0.5, 0.6) is 0 Å². The molecule has 1 amide bonds. The quantitative estimate of drug-likeness (QED) is 0.179. The molecule has 0 bridgehead atoms. The van der Waals surface area contributed by atoms with Crippen molar-refractivity contribution in [2.45, 2.75) is 45.9 Å². The van der Waals surface area contributed by atoms with Crippen molar-refractivity contribution in [1.29, 1.82) is 0 Å². The molecule has 2 rings (SSSR count). The average molecular weight is 506 g/mol.